The van der Waals surface area contributed by atoms with Gasteiger partial charge in [0.15, 0.2) is 5.78 Å². The summed E-state index contributed by atoms with van der Waals surface area (Å²) in [4.78, 5) is 12.6. The third-order valence-corrected chi connectivity index (χ3v) is 2.93. The minimum Gasteiger partial charge on any atom is -0.497 e. The summed E-state index contributed by atoms with van der Waals surface area (Å²) in [7, 11) is 4.64. The van der Waals surface area contributed by atoms with E-state index in [0.29, 0.717) is 17.1 Å². The maximum absolute atomic E-state index is 12.6. The molecular weight excluding hydrogens is 244 g/mol. The number of benzene rings is 1. The molecule has 19 heavy (non-hydrogen) atoms. The average Bonchev–Trinajstić information content (AvgIpc) is 2.36. The van der Waals surface area contributed by atoms with Crippen LogP contribution in [0.4, 0.5) is 0 Å². The molecule has 0 aliphatic heterocycles. The number of carbonyl (C=O) groups excluding carboxylic acids is 1. The summed E-state index contributed by atoms with van der Waals surface area (Å²) in [5.41, 5.74) is 0.184. The van der Waals surface area contributed by atoms with Crippen LogP contribution < -0.4 is 9.47 Å². The molecule has 0 N–H and O–H groups in total. The van der Waals surface area contributed by atoms with Crippen LogP contribution in [0.25, 0.3) is 0 Å². The number of rotatable bonds is 5. The van der Waals surface area contributed by atoms with Gasteiger partial charge in [0.2, 0.25) is 0 Å². The number of ether oxygens (including phenoxy) is 3. The number of Topliss-reactive ketones (excluding diaryl/α,β-unsaturated/α-hetero) is 1. The second-order valence-electron chi connectivity index (χ2n) is 5.41. The SMILES string of the molecule is COc1ccc(OC)c(C(=O)C(OC)C(C)(C)C)c1. The summed E-state index contributed by atoms with van der Waals surface area (Å²) in [6.45, 7) is 5.89. The van der Waals surface area contributed by atoms with E-state index in [1.54, 1.807) is 32.4 Å². The van der Waals surface area contributed by atoms with Crippen molar-refractivity contribution in [2.45, 2.75) is 26.9 Å². The summed E-state index contributed by atoms with van der Waals surface area (Å²) in [5.74, 6) is 1.04. The van der Waals surface area contributed by atoms with Gasteiger partial charge in [0, 0.05) is 7.11 Å². The maximum Gasteiger partial charge on any atom is 0.195 e. The molecule has 0 bridgehead atoms. The van der Waals surface area contributed by atoms with Crippen LogP contribution in [0.5, 0.6) is 11.5 Å². The highest BCUT2D eigenvalue weighted by atomic mass is 16.5. The van der Waals surface area contributed by atoms with E-state index in [4.69, 9.17) is 14.2 Å². The molecule has 1 aromatic rings. The largest absolute Gasteiger partial charge is 0.497 e. The Morgan fingerprint density at radius 2 is 1.74 bits per heavy atom. The molecule has 1 aromatic carbocycles. The molecule has 0 heterocycles. The zero-order valence-electron chi connectivity index (χ0n) is 12.4. The Morgan fingerprint density at radius 3 is 2.16 bits per heavy atom. The Bertz CT molecular complexity index is 446. The van der Waals surface area contributed by atoms with E-state index < -0.39 is 6.10 Å². The first-order valence-corrected chi connectivity index (χ1v) is 6.14. The maximum atomic E-state index is 12.6. The standard InChI is InChI=1S/C15H22O4/c1-15(2,3)14(19-6)13(16)11-9-10(17-4)7-8-12(11)18-5/h7-9,14H,1-6H3. The molecule has 106 valence electrons. The highest BCUT2D eigenvalue weighted by Crippen LogP contribution is 2.30. The van der Waals surface area contributed by atoms with Gasteiger partial charge in [0.1, 0.15) is 17.6 Å². The smallest absolute Gasteiger partial charge is 0.195 e. The van der Waals surface area contributed by atoms with Crippen molar-refractivity contribution >= 4 is 5.78 Å². The molecule has 1 atom stereocenters. The first-order chi connectivity index (χ1) is 8.85. The van der Waals surface area contributed by atoms with Gasteiger partial charge in [-0.05, 0) is 23.6 Å². The summed E-state index contributed by atoms with van der Waals surface area (Å²) < 4.78 is 15.8. The topological polar surface area (TPSA) is 44.8 Å². The quantitative estimate of drug-likeness (QED) is 0.769. The van der Waals surface area contributed by atoms with Gasteiger partial charge in [-0.25, -0.2) is 0 Å². The van der Waals surface area contributed by atoms with E-state index in [9.17, 15) is 4.79 Å². The van der Waals surface area contributed by atoms with Gasteiger partial charge in [-0.1, -0.05) is 20.8 Å². The van der Waals surface area contributed by atoms with Crippen LogP contribution in [-0.2, 0) is 4.74 Å². The lowest BCUT2D eigenvalue weighted by atomic mass is 9.84. The molecule has 0 spiro atoms. The van der Waals surface area contributed by atoms with E-state index in [1.165, 1.54) is 7.11 Å². The summed E-state index contributed by atoms with van der Waals surface area (Å²) >= 11 is 0. The molecule has 0 amide bonds. The van der Waals surface area contributed by atoms with Gasteiger partial charge < -0.3 is 14.2 Å². The van der Waals surface area contributed by atoms with Crippen molar-refractivity contribution in [3.63, 3.8) is 0 Å². The molecule has 0 aliphatic carbocycles. The Kier molecular flexibility index (Phi) is 4.95. The molecular formula is C15H22O4. The second kappa shape index (κ2) is 6.06. The van der Waals surface area contributed by atoms with E-state index >= 15 is 0 Å². The van der Waals surface area contributed by atoms with Gasteiger partial charge in [-0.15, -0.1) is 0 Å². The highest BCUT2D eigenvalue weighted by Gasteiger charge is 2.33. The molecule has 0 saturated carbocycles. The van der Waals surface area contributed by atoms with Crippen molar-refractivity contribution in [1.82, 2.24) is 0 Å². The minimum atomic E-state index is -0.534. The van der Waals surface area contributed by atoms with Crippen molar-refractivity contribution in [1.29, 1.82) is 0 Å². The molecule has 4 nitrogen and oxygen atoms in total. The highest BCUT2D eigenvalue weighted by molar-refractivity contribution is 6.02. The van der Waals surface area contributed by atoms with Crippen LogP contribution in [0.15, 0.2) is 18.2 Å². The Hall–Kier alpha value is -1.55. The van der Waals surface area contributed by atoms with Crippen LogP contribution >= 0.6 is 0 Å². The summed E-state index contributed by atoms with van der Waals surface area (Å²) in [5, 5.41) is 0. The Labute approximate surface area is 114 Å². The second-order valence-corrected chi connectivity index (χ2v) is 5.41. The molecule has 0 aliphatic rings. The van der Waals surface area contributed by atoms with Crippen molar-refractivity contribution in [2.75, 3.05) is 21.3 Å². The number of carbonyl (C=O) groups is 1. The van der Waals surface area contributed by atoms with E-state index in [1.807, 2.05) is 20.8 Å². The molecule has 4 heteroatoms. The fraction of sp³-hybridized carbons (Fsp3) is 0.533. The third kappa shape index (κ3) is 3.47. The number of ketones is 1. The van der Waals surface area contributed by atoms with Crippen molar-refractivity contribution in [3.8, 4) is 11.5 Å². The van der Waals surface area contributed by atoms with Crippen LogP contribution in [0, 0.1) is 5.41 Å². The summed E-state index contributed by atoms with van der Waals surface area (Å²) in [6, 6.07) is 5.16. The van der Waals surface area contributed by atoms with Gasteiger partial charge in [-0.3, -0.25) is 4.79 Å². The van der Waals surface area contributed by atoms with Crippen LogP contribution in [0.2, 0.25) is 0 Å². The number of methoxy groups -OCH3 is 3. The Balaban J connectivity index is 3.23. The van der Waals surface area contributed by atoms with Gasteiger partial charge in [0.05, 0.1) is 19.8 Å². The molecule has 0 saturated heterocycles. The van der Waals surface area contributed by atoms with Crippen molar-refractivity contribution in [2.24, 2.45) is 5.41 Å². The average molecular weight is 266 g/mol. The minimum absolute atomic E-state index is 0.106. The zero-order valence-corrected chi connectivity index (χ0v) is 12.4. The first-order valence-electron chi connectivity index (χ1n) is 6.14. The molecule has 0 radical (unpaired) electrons. The summed E-state index contributed by atoms with van der Waals surface area (Å²) in [6.07, 6.45) is -0.534. The lowest BCUT2D eigenvalue weighted by Gasteiger charge is -2.28. The van der Waals surface area contributed by atoms with E-state index in [2.05, 4.69) is 0 Å². The zero-order chi connectivity index (χ0) is 14.6. The van der Waals surface area contributed by atoms with Gasteiger partial charge >= 0.3 is 0 Å². The fourth-order valence-corrected chi connectivity index (χ4v) is 2.00. The van der Waals surface area contributed by atoms with E-state index in [0.717, 1.165) is 0 Å². The molecule has 0 aromatic heterocycles. The van der Waals surface area contributed by atoms with Gasteiger partial charge in [-0.2, -0.15) is 0 Å². The van der Waals surface area contributed by atoms with Crippen LogP contribution in [-0.4, -0.2) is 33.2 Å². The first kappa shape index (κ1) is 15.5. The van der Waals surface area contributed by atoms with E-state index in [-0.39, 0.29) is 11.2 Å². The van der Waals surface area contributed by atoms with Gasteiger partial charge in [0.25, 0.3) is 0 Å². The molecule has 1 unspecified atom stereocenters. The number of hydrogen-bond acceptors (Lipinski definition) is 4. The predicted octanol–water partition coefficient (Wildman–Crippen LogP) is 2.95. The Morgan fingerprint density at radius 1 is 1.11 bits per heavy atom. The number of hydrogen-bond donors (Lipinski definition) is 0. The normalized spacial score (nSPS) is 12.9. The predicted molar refractivity (Wildman–Crippen MR) is 74.1 cm³/mol. The monoisotopic (exact) mass is 266 g/mol. The van der Waals surface area contributed by atoms with Crippen LogP contribution in [0.1, 0.15) is 31.1 Å². The van der Waals surface area contributed by atoms with Crippen LogP contribution in [0.3, 0.4) is 0 Å². The lowest BCUT2D eigenvalue weighted by Crippen LogP contribution is -2.36. The van der Waals surface area contributed by atoms with Crippen molar-refractivity contribution < 1.29 is 19.0 Å². The third-order valence-electron chi connectivity index (χ3n) is 2.93. The lowest BCUT2D eigenvalue weighted by molar-refractivity contribution is 0.0193. The van der Waals surface area contributed by atoms with Crippen molar-refractivity contribution in [3.05, 3.63) is 23.8 Å². The molecule has 1 rings (SSSR count). The fourth-order valence-electron chi connectivity index (χ4n) is 2.00. The molecule has 0 fully saturated rings.